The molecule has 2 rings (SSSR count). The van der Waals surface area contributed by atoms with Gasteiger partial charge in [0, 0.05) is 13.5 Å². The zero-order valence-corrected chi connectivity index (χ0v) is 11.3. The number of hydrogen-bond acceptors (Lipinski definition) is 2. The first-order chi connectivity index (χ1) is 8.76. The summed E-state index contributed by atoms with van der Waals surface area (Å²) in [6.07, 6.45) is 4.65. The van der Waals surface area contributed by atoms with Crippen LogP contribution in [0.25, 0.3) is 0 Å². The van der Waals surface area contributed by atoms with Crippen LogP contribution in [0.1, 0.15) is 49.7 Å². The molecule has 0 saturated carbocycles. The van der Waals surface area contributed by atoms with Gasteiger partial charge in [-0.1, -0.05) is 31.2 Å². The minimum Gasteiger partial charge on any atom is -0.374 e. The molecule has 18 heavy (non-hydrogen) atoms. The summed E-state index contributed by atoms with van der Waals surface area (Å²) in [6, 6.07) is 8.54. The Kier molecular flexibility index (Phi) is 4.54. The molecule has 0 aromatic heterocycles. The molecule has 0 bridgehead atoms. The van der Waals surface area contributed by atoms with Gasteiger partial charge in [-0.3, -0.25) is 4.79 Å². The van der Waals surface area contributed by atoms with Crippen LogP contribution in [0, 0.1) is 0 Å². The molecule has 2 unspecified atom stereocenters. The molecular formula is C16H22O2. The van der Waals surface area contributed by atoms with E-state index >= 15 is 0 Å². The Labute approximate surface area is 109 Å². The summed E-state index contributed by atoms with van der Waals surface area (Å²) in [7, 11) is 1.63. The molecule has 1 aromatic carbocycles. The lowest BCUT2D eigenvalue weighted by Gasteiger charge is -2.26. The first kappa shape index (κ1) is 13.3. The second-order valence-corrected chi connectivity index (χ2v) is 5.09. The molecule has 2 nitrogen and oxygen atoms in total. The van der Waals surface area contributed by atoms with E-state index < -0.39 is 0 Å². The number of benzene rings is 1. The monoisotopic (exact) mass is 246 g/mol. The van der Waals surface area contributed by atoms with Gasteiger partial charge in [0.05, 0.1) is 0 Å². The van der Waals surface area contributed by atoms with E-state index in [-0.39, 0.29) is 11.9 Å². The van der Waals surface area contributed by atoms with Crippen LogP contribution < -0.4 is 0 Å². The second-order valence-electron chi connectivity index (χ2n) is 5.09. The van der Waals surface area contributed by atoms with Crippen molar-refractivity contribution in [3.63, 3.8) is 0 Å². The van der Waals surface area contributed by atoms with Crippen LogP contribution in [0.3, 0.4) is 0 Å². The molecule has 2 atom stereocenters. The number of carbonyl (C=O) groups is 1. The molecule has 98 valence electrons. The summed E-state index contributed by atoms with van der Waals surface area (Å²) in [5, 5.41) is 0. The first-order valence-electron chi connectivity index (χ1n) is 6.89. The maximum absolute atomic E-state index is 12.2. The highest BCUT2D eigenvalue weighted by Crippen LogP contribution is 2.34. The van der Waals surface area contributed by atoms with Gasteiger partial charge in [0.1, 0.15) is 6.10 Å². The molecule has 2 heteroatoms. The van der Waals surface area contributed by atoms with Crippen molar-refractivity contribution in [2.24, 2.45) is 0 Å². The van der Waals surface area contributed by atoms with Crippen molar-refractivity contribution in [2.75, 3.05) is 7.11 Å². The van der Waals surface area contributed by atoms with E-state index in [1.807, 2.05) is 6.92 Å². The summed E-state index contributed by atoms with van der Waals surface area (Å²) >= 11 is 0. The van der Waals surface area contributed by atoms with E-state index in [2.05, 4.69) is 24.3 Å². The van der Waals surface area contributed by atoms with Gasteiger partial charge in [0.15, 0.2) is 5.78 Å². The maximum Gasteiger partial charge on any atom is 0.162 e. The van der Waals surface area contributed by atoms with E-state index in [1.165, 1.54) is 17.5 Å². The normalized spacial score (nSPS) is 20.2. The van der Waals surface area contributed by atoms with Gasteiger partial charge in [-0.05, 0) is 42.7 Å². The van der Waals surface area contributed by atoms with Crippen LogP contribution in [0.15, 0.2) is 24.3 Å². The first-order valence-corrected chi connectivity index (χ1v) is 6.89. The predicted octanol–water partition coefficient (Wildman–Crippen LogP) is 3.49. The summed E-state index contributed by atoms with van der Waals surface area (Å²) in [5.41, 5.74) is 2.80. The average Bonchev–Trinajstić information content (AvgIpc) is 2.40. The summed E-state index contributed by atoms with van der Waals surface area (Å²) in [4.78, 5) is 12.2. The largest absolute Gasteiger partial charge is 0.374 e. The van der Waals surface area contributed by atoms with Crippen molar-refractivity contribution in [3.8, 4) is 0 Å². The van der Waals surface area contributed by atoms with Crippen LogP contribution in [0.5, 0.6) is 0 Å². The summed E-state index contributed by atoms with van der Waals surface area (Å²) < 4.78 is 5.24. The van der Waals surface area contributed by atoms with E-state index in [4.69, 9.17) is 4.74 Å². The van der Waals surface area contributed by atoms with E-state index in [0.29, 0.717) is 12.3 Å². The Morgan fingerprint density at radius 1 is 1.44 bits per heavy atom. The molecule has 0 radical (unpaired) electrons. The van der Waals surface area contributed by atoms with E-state index in [1.54, 1.807) is 7.11 Å². The van der Waals surface area contributed by atoms with Gasteiger partial charge in [-0.15, -0.1) is 0 Å². The van der Waals surface area contributed by atoms with Gasteiger partial charge < -0.3 is 4.74 Å². The van der Waals surface area contributed by atoms with Crippen LogP contribution in [-0.2, 0) is 16.0 Å². The van der Waals surface area contributed by atoms with E-state index in [9.17, 15) is 4.79 Å². The number of rotatable bonds is 5. The molecule has 0 fully saturated rings. The van der Waals surface area contributed by atoms with Crippen molar-refractivity contribution < 1.29 is 9.53 Å². The third-order valence-corrected chi connectivity index (χ3v) is 3.96. The lowest BCUT2D eigenvalue weighted by Crippen LogP contribution is -2.25. The molecule has 0 N–H and O–H groups in total. The number of methoxy groups -OCH3 is 1. The third-order valence-electron chi connectivity index (χ3n) is 3.96. The van der Waals surface area contributed by atoms with Crippen LogP contribution >= 0.6 is 0 Å². The van der Waals surface area contributed by atoms with Crippen molar-refractivity contribution >= 4 is 5.78 Å². The summed E-state index contributed by atoms with van der Waals surface area (Å²) in [5.74, 6) is 0.647. The topological polar surface area (TPSA) is 26.3 Å². The molecule has 0 spiro atoms. The van der Waals surface area contributed by atoms with Crippen molar-refractivity contribution in [1.82, 2.24) is 0 Å². The second kappa shape index (κ2) is 6.14. The molecule has 0 heterocycles. The SMILES string of the molecule is CCC(OC)C(=O)CC1CCCc2ccccc21. The van der Waals surface area contributed by atoms with Gasteiger partial charge in [-0.2, -0.15) is 0 Å². The third kappa shape index (κ3) is 2.81. The number of aryl methyl sites for hydroxylation is 1. The molecular weight excluding hydrogens is 224 g/mol. The number of ether oxygens (including phenoxy) is 1. The zero-order chi connectivity index (χ0) is 13.0. The quantitative estimate of drug-likeness (QED) is 0.795. The molecule has 0 amide bonds. The highest BCUT2D eigenvalue weighted by atomic mass is 16.5. The number of fused-ring (bicyclic) bond motifs is 1. The van der Waals surface area contributed by atoms with Crippen molar-refractivity contribution in [3.05, 3.63) is 35.4 Å². The molecule has 0 saturated heterocycles. The maximum atomic E-state index is 12.2. The fraction of sp³-hybridized carbons (Fsp3) is 0.562. The fourth-order valence-corrected chi connectivity index (χ4v) is 2.97. The summed E-state index contributed by atoms with van der Waals surface area (Å²) in [6.45, 7) is 2.00. The Hall–Kier alpha value is -1.15. The Bertz CT molecular complexity index is 407. The fourth-order valence-electron chi connectivity index (χ4n) is 2.97. The van der Waals surface area contributed by atoms with Gasteiger partial charge in [-0.25, -0.2) is 0 Å². The minimum atomic E-state index is -0.223. The number of Topliss-reactive ketones (excluding diaryl/α,β-unsaturated/α-hetero) is 1. The van der Waals surface area contributed by atoms with Crippen LogP contribution in [0.4, 0.5) is 0 Å². The van der Waals surface area contributed by atoms with Crippen molar-refractivity contribution in [2.45, 2.75) is 51.0 Å². The van der Waals surface area contributed by atoms with Crippen LogP contribution in [-0.4, -0.2) is 19.0 Å². The predicted molar refractivity (Wildman–Crippen MR) is 72.8 cm³/mol. The number of carbonyl (C=O) groups excluding carboxylic acids is 1. The van der Waals surface area contributed by atoms with Gasteiger partial charge in [0.25, 0.3) is 0 Å². The Morgan fingerprint density at radius 3 is 2.94 bits per heavy atom. The Balaban J connectivity index is 2.09. The lowest BCUT2D eigenvalue weighted by molar-refractivity contribution is -0.129. The standard InChI is InChI=1S/C16H22O2/c1-3-16(18-2)15(17)11-13-9-6-8-12-7-4-5-10-14(12)13/h4-5,7,10,13,16H,3,6,8-9,11H2,1-2H3. The number of hydrogen-bond donors (Lipinski definition) is 0. The minimum absolute atomic E-state index is 0.223. The van der Waals surface area contributed by atoms with Crippen molar-refractivity contribution in [1.29, 1.82) is 0 Å². The molecule has 1 aromatic rings. The molecule has 1 aliphatic rings. The average molecular weight is 246 g/mol. The number of ketones is 1. The van der Waals surface area contributed by atoms with Crippen LogP contribution in [0.2, 0.25) is 0 Å². The van der Waals surface area contributed by atoms with Gasteiger partial charge in [0.2, 0.25) is 0 Å². The molecule has 0 aliphatic heterocycles. The Morgan fingerprint density at radius 2 is 2.22 bits per heavy atom. The molecule has 1 aliphatic carbocycles. The smallest absolute Gasteiger partial charge is 0.162 e. The highest BCUT2D eigenvalue weighted by Gasteiger charge is 2.25. The lowest BCUT2D eigenvalue weighted by atomic mass is 9.79. The highest BCUT2D eigenvalue weighted by molar-refractivity contribution is 5.83. The van der Waals surface area contributed by atoms with E-state index in [0.717, 1.165) is 19.3 Å². The zero-order valence-electron chi connectivity index (χ0n) is 11.3. The van der Waals surface area contributed by atoms with Gasteiger partial charge >= 0.3 is 0 Å².